The average molecular weight is 257 g/mol. The van der Waals surface area contributed by atoms with Crippen LogP contribution in [0.5, 0.6) is 0 Å². The summed E-state index contributed by atoms with van der Waals surface area (Å²) in [6.45, 7) is 0.466. The van der Waals surface area contributed by atoms with Gasteiger partial charge in [-0.25, -0.2) is 4.98 Å². The Morgan fingerprint density at radius 3 is 3.11 bits per heavy atom. The van der Waals surface area contributed by atoms with Crippen molar-refractivity contribution in [3.05, 3.63) is 34.6 Å². The Morgan fingerprint density at radius 1 is 1.42 bits per heavy atom. The third-order valence-corrected chi connectivity index (χ3v) is 3.27. The van der Waals surface area contributed by atoms with E-state index in [0.717, 1.165) is 24.1 Å². The van der Waals surface area contributed by atoms with E-state index in [2.05, 4.69) is 32.9 Å². The molecule has 98 valence electrons. The summed E-state index contributed by atoms with van der Waals surface area (Å²) >= 11 is 0. The van der Waals surface area contributed by atoms with Crippen molar-refractivity contribution in [2.45, 2.75) is 19.4 Å². The normalized spacial score (nSPS) is 13.7. The van der Waals surface area contributed by atoms with Gasteiger partial charge in [-0.3, -0.25) is 9.20 Å². The Hall–Kier alpha value is -2.14. The first-order valence-corrected chi connectivity index (χ1v) is 6.33. The van der Waals surface area contributed by atoms with Crippen LogP contribution in [0.2, 0.25) is 0 Å². The van der Waals surface area contributed by atoms with Crippen LogP contribution in [0, 0.1) is 0 Å². The first kappa shape index (κ1) is 11.9. The van der Waals surface area contributed by atoms with Gasteiger partial charge >= 0.3 is 5.97 Å². The highest BCUT2D eigenvalue weighted by Gasteiger charge is 2.07. The summed E-state index contributed by atoms with van der Waals surface area (Å²) in [5.74, 6) is -0.850. The summed E-state index contributed by atoms with van der Waals surface area (Å²) in [4.78, 5) is 14.9. The molecule has 2 aromatic rings. The molecule has 0 spiro atoms. The van der Waals surface area contributed by atoms with Crippen LogP contribution in [0.3, 0.4) is 0 Å². The van der Waals surface area contributed by atoms with E-state index in [9.17, 15) is 4.79 Å². The summed E-state index contributed by atoms with van der Waals surface area (Å²) in [5.41, 5.74) is 1.92. The Bertz CT molecular complexity index is 746. The Balaban J connectivity index is 2.06. The largest absolute Gasteiger partial charge is 0.480 e. The highest BCUT2D eigenvalue weighted by atomic mass is 16.4. The molecule has 19 heavy (non-hydrogen) atoms. The Labute approximate surface area is 109 Å². The fourth-order valence-corrected chi connectivity index (χ4v) is 2.47. The zero-order valence-electron chi connectivity index (χ0n) is 10.5. The van der Waals surface area contributed by atoms with E-state index in [0.29, 0.717) is 6.54 Å². The summed E-state index contributed by atoms with van der Waals surface area (Å²) in [7, 11) is 0. The van der Waals surface area contributed by atoms with Gasteiger partial charge in [0.1, 0.15) is 5.65 Å². The van der Waals surface area contributed by atoms with Gasteiger partial charge in [0.2, 0.25) is 0 Å². The second-order valence-corrected chi connectivity index (χ2v) is 4.61. The van der Waals surface area contributed by atoms with Gasteiger partial charge in [-0.2, -0.15) is 0 Å². The molecule has 0 aromatic carbocycles. The number of nitrogens with one attached hydrogen (secondary N) is 1. The zero-order valence-corrected chi connectivity index (χ0v) is 10.5. The number of imidazole rings is 1. The van der Waals surface area contributed by atoms with Crippen LogP contribution in [-0.2, 0) is 11.3 Å². The molecule has 3 rings (SSSR count). The van der Waals surface area contributed by atoms with Crippen molar-refractivity contribution in [2.75, 3.05) is 6.54 Å². The van der Waals surface area contributed by atoms with E-state index in [4.69, 9.17) is 5.11 Å². The number of aliphatic carboxylic acids is 1. The van der Waals surface area contributed by atoms with E-state index in [1.54, 1.807) is 6.20 Å². The number of carboxylic acid groups (broad SMARTS) is 1. The maximum absolute atomic E-state index is 10.5. The standard InChI is InChI=1S/C14H15N3O2/c18-13(19)9-15-8-11-7-10-3-1-2-4-12(10)17-6-5-16-14(11)17/h3-7,15H,1-2,8-9H2,(H,18,19). The number of fused-ring (bicyclic) bond motifs is 3. The lowest BCUT2D eigenvalue weighted by molar-refractivity contribution is -0.135. The van der Waals surface area contributed by atoms with Gasteiger partial charge in [0, 0.05) is 29.9 Å². The van der Waals surface area contributed by atoms with E-state index >= 15 is 0 Å². The first-order valence-electron chi connectivity index (χ1n) is 6.33. The second kappa shape index (κ2) is 4.85. The zero-order chi connectivity index (χ0) is 13.2. The molecule has 1 aliphatic carbocycles. The molecule has 0 amide bonds. The number of hydrogen-bond donors (Lipinski definition) is 2. The van der Waals surface area contributed by atoms with Crippen LogP contribution in [-0.4, -0.2) is 27.0 Å². The summed E-state index contributed by atoms with van der Waals surface area (Å²) in [5, 5.41) is 14.0. The van der Waals surface area contributed by atoms with Crippen LogP contribution in [0.1, 0.15) is 18.4 Å². The third kappa shape index (κ3) is 2.24. The minimum absolute atomic E-state index is 0.0419. The smallest absolute Gasteiger partial charge is 0.317 e. The van der Waals surface area contributed by atoms with Gasteiger partial charge in [0.25, 0.3) is 0 Å². The van der Waals surface area contributed by atoms with E-state index < -0.39 is 5.97 Å². The number of carbonyl (C=O) groups is 1. The molecule has 0 atom stereocenters. The van der Waals surface area contributed by atoms with E-state index in [-0.39, 0.29) is 6.54 Å². The average Bonchev–Trinajstić information content (AvgIpc) is 2.88. The molecule has 2 heterocycles. The molecule has 2 aromatic heterocycles. The number of carboxylic acids is 1. The highest BCUT2D eigenvalue weighted by Crippen LogP contribution is 2.05. The molecule has 0 fully saturated rings. The second-order valence-electron chi connectivity index (χ2n) is 4.61. The van der Waals surface area contributed by atoms with Gasteiger partial charge in [0.05, 0.1) is 6.54 Å². The van der Waals surface area contributed by atoms with Crippen LogP contribution in [0.25, 0.3) is 17.8 Å². The fraction of sp³-hybridized carbons (Fsp3) is 0.286. The summed E-state index contributed by atoms with van der Waals surface area (Å²) in [6.07, 6.45) is 10.3. The van der Waals surface area contributed by atoms with Gasteiger partial charge in [-0.05, 0) is 24.1 Å². The van der Waals surface area contributed by atoms with Crippen LogP contribution in [0.15, 0.2) is 18.5 Å². The highest BCUT2D eigenvalue weighted by molar-refractivity contribution is 5.69. The topological polar surface area (TPSA) is 66.6 Å². The molecule has 0 aliphatic heterocycles. The van der Waals surface area contributed by atoms with Gasteiger partial charge in [0.15, 0.2) is 0 Å². The number of aromatic nitrogens is 2. The predicted octanol–water partition coefficient (Wildman–Crippen LogP) is -0.137. The number of hydrogen-bond acceptors (Lipinski definition) is 3. The van der Waals surface area contributed by atoms with Gasteiger partial charge in [-0.1, -0.05) is 12.2 Å². The van der Waals surface area contributed by atoms with Crippen LogP contribution in [0.4, 0.5) is 0 Å². The lowest BCUT2D eigenvalue weighted by atomic mass is 10.1. The lowest BCUT2D eigenvalue weighted by Gasteiger charge is -2.08. The van der Waals surface area contributed by atoms with Crippen molar-refractivity contribution < 1.29 is 9.90 Å². The summed E-state index contributed by atoms with van der Waals surface area (Å²) < 4.78 is 2.07. The SMILES string of the molecule is O=C(O)CNCc1cc2c(n3ccnc13)=CCCC=2. The molecule has 0 saturated carbocycles. The van der Waals surface area contributed by atoms with Crippen LogP contribution >= 0.6 is 0 Å². The van der Waals surface area contributed by atoms with E-state index in [1.165, 1.54) is 10.6 Å². The predicted molar refractivity (Wildman–Crippen MR) is 71.9 cm³/mol. The Morgan fingerprint density at radius 2 is 2.26 bits per heavy atom. The van der Waals surface area contributed by atoms with Gasteiger partial charge < -0.3 is 10.4 Å². The quantitative estimate of drug-likeness (QED) is 0.800. The minimum Gasteiger partial charge on any atom is -0.480 e. The molecule has 0 radical (unpaired) electrons. The molecule has 5 heteroatoms. The molecule has 1 aliphatic rings. The lowest BCUT2D eigenvalue weighted by Crippen LogP contribution is -2.34. The van der Waals surface area contributed by atoms with Crippen molar-refractivity contribution >= 4 is 23.8 Å². The van der Waals surface area contributed by atoms with E-state index in [1.807, 2.05) is 6.20 Å². The monoisotopic (exact) mass is 257 g/mol. The van der Waals surface area contributed by atoms with Crippen molar-refractivity contribution in [1.82, 2.24) is 14.7 Å². The number of nitrogens with zero attached hydrogens (tertiary/aromatic N) is 2. The molecule has 0 unspecified atom stereocenters. The van der Waals surface area contributed by atoms with Crippen molar-refractivity contribution in [2.24, 2.45) is 0 Å². The maximum Gasteiger partial charge on any atom is 0.317 e. The molecular formula is C14H15N3O2. The number of pyridine rings is 1. The van der Waals surface area contributed by atoms with Gasteiger partial charge in [-0.15, -0.1) is 0 Å². The Kier molecular flexibility index (Phi) is 3.05. The van der Waals surface area contributed by atoms with Crippen molar-refractivity contribution in [1.29, 1.82) is 0 Å². The first-order chi connectivity index (χ1) is 9.25. The minimum atomic E-state index is -0.850. The fourth-order valence-electron chi connectivity index (χ4n) is 2.47. The molecule has 0 bridgehead atoms. The molecule has 2 N–H and O–H groups in total. The number of rotatable bonds is 4. The van der Waals surface area contributed by atoms with Crippen LogP contribution < -0.4 is 15.9 Å². The molecule has 0 saturated heterocycles. The van der Waals surface area contributed by atoms with Crippen molar-refractivity contribution in [3.8, 4) is 0 Å². The third-order valence-electron chi connectivity index (χ3n) is 3.27. The molecule has 5 nitrogen and oxygen atoms in total. The van der Waals surface area contributed by atoms with Crippen molar-refractivity contribution in [3.63, 3.8) is 0 Å². The maximum atomic E-state index is 10.5. The molecular weight excluding hydrogens is 242 g/mol. The summed E-state index contributed by atoms with van der Waals surface area (Å²) in [6, 6.07) is 2.10.